The Morgan fingerprint density at radius 2 is 1.51 bits per heavy atom. The predicted molar refractivity (Wildman–Crippen MR) is 209 cm³/mol. The standard InChI is InChI=1S/C43H26ClN3OS/c1-3-12-34-27(4-2)38-43(48-34)46-37(42(44)45-38)25-14-11-15-26(23-25)47-33-20-10-9-19-31(33)35-29-17-7-8-18-30(29)36-32-22-21-24-13-5-6-16-28(24)40(32)49-41(36)39(35)47/h3-23H,2H2,1H3/b12-3-. The lowest BCUT2D eigenvalue weighted by atomic mass is 9.98. The maximum atomic E-state index is 6.88. The number of aromatic nitrogens is 3. The Labute approximate surface area is 289 Å². The molecule has 0 N–H and O–H groups in total. The first-order valence-electron chi connectivity index (χ1n) is 16.2. The van der Waals surface area contributed by atoms with Crippen LogP contribution in [0.5, 0.6) is 0 Å². The summed E-state index contributed by atoms with van der Waals surface area (Å²) in [5.41, 5.74) is 6.57. The van der Waals surface area contributed by atoms with Gasteiger partial charge in [0.25, 0.3) is 0 Å². The van der Waals surface area contributed by atoms with Gasteiger partial charge in [0.15, 0.2) is 5.15 Å². The Hall–Kier alpha value is -5.75. The molecule has 0 aliphatic rings. The van der Waals surface area contributed by atoms with Crippen LogP contribution in [0.25, 0.3) is 104 Å². The molecule has 4 nitrogen and oxygen atoms in total. The van der Waals surface area contributed by atoms with Gasteiger partial charge in [-0.05, 0) is 52.7 Å². The van der Waals surface area contributed by atoms with Crippen molar-refractivity contribution >= 4 is 110 Å². The Kier molecular flexibility index (Phi) is 6.13. The predicted octanol–water partition coefficient (Wildman–Crippen LogP) is 13.0. The Morgan fingerprint density at radius 1 is 0.755 bits per heavy atom. The molecule has 0 bridgehead atoms. The third kappa shape index (κ3) is 3.97. The van der Waals surface area contributed by atoms with Gasteiger partial charge in [0.1, 0.15) is 17.0 Å². The maximum Gasteiger partial charge on any atom is 0.247 e. The molecule has 10 rings (SSSR count). The number of hydrogen-bond acceptors (Lipinski definition) is 4. The first-order chi connectivity index (χ1) is 24.1. The number of nitrogens with zero attached hydrogens (tertiary/aromatic N) is 3. The van der Waals surface area contributed by atoms with Crippen LogP contribution in [0.3, 0.4) is 0 Å². The van der Waals surface area contributed by atoms with Gasteiger partial charge >= 0.3 is 0 Å². The van der Waals surface area contributed by atoms with E-state index in [1.807, 2.05) is 36.5 Å². The van der Waals surface area contributed by atoms with E-state index in [0.717, 1.165) is 22.3 Å². The van der Waals surface area contributed by atoms with Gasteiger partial charge < -0.3 is 8.98 Å². The van der Waals surface area contributed by atoms with Crippen LogP contribution in [0, 0.1) is 0 Å². The topological polar surface area (TPSA) is 43.9 Å². The number of fused-ring (bicyclic) bond motifs is 13. The molecule has 0 unspecified atom stereocenters. The summed E-state index contributed by atoms with van der Waals surface area (Å²) in [6, 6.07) is 39.2. The highest BCUT2D eigenvalue weighted by atomic mass is 35.5. The molecule has 6 heteroatoms. The largest absolute Gasteiger partial charge is 0.436 e. The molecular weight excluding hydrogens is 642 g/mol. The molecule has 0 aliphatic heterocycles. The fourth-order valence-electron chi connectivity index (χ4n) is 7.54. The van der Waals surface area contributed by atoms with Crippen LogP contribution in [0.1, 0.15) is 18.2 Å². The molecule has 4 aromatic heterocycles. The average Bonchev–Trinajstić information content (AvgIpc) is 3.81. The van der Waals surface area contributed by atoms with Crippen molar-refractivity contribution in [2.24, 2.45) is 0 Å². The minimum atomic E-state index is 0.313. The van der Waals surface area contributed by atoms with Crippen molar-refractivity contribution in [1.82, 2.24) is 14.5 Å². The summed E-state index contributed by atoms with van der Waals surface area (Å²) in [6.45, 7) is 5.90. The van der Waals surface area contributed by atoms with Crippen LogP contribution in [-0.4, -0.2) is 14.5 Å². The highest BCUT2D eigenvalue weighted by Crippen LogP contribution is 2.49. The summed E-state index contributed by atoms with van der Waals surface area (Å²) in [6.07, 6.45) is 5.54. The SMILES string of the molecule is C=Cc1c(/C=C\C)oc2nc(-c3cccc(-n4c5ccccc5c5c6ccccc6c6c7ccc8ccccc8c7sc6c54)c3)c(Cl)nc12. The van der Waals surface area contributed by atoms with E-state index >= 15 is 0 Å². The maximum absolute atomic E-state index is 6.88. The van der Waals surface area contributed by atoms with Crippen LogP contribution in [0.15, 0.2) is 126 Å². The van der Waals surface area contributed by atoms with Crippen molar-refractivity contribution in [3.8, 4) is 16.9 Å². The third-order valence-corrected chi connectivity index (χ3v) is 11.1. The van der Waals surface area contributed by atoms with Gasteiger partial charge in [0.2, 0.25) is 5.71 Å². The van der Waals surface area contributed by atoms with E-state index in [0.29, 0.717) is 27.8 Å². The van der Waals surface area contributed by atoms with Gasteiger partial charge in [-0.3, -0.25) is 0 Å². The Balaban J connectivity index is 1.31. The molecule has 0 radical (unpaired) electrons. The third-order valence-electron chi connectivity index (χ3n) is 9.58. The summed E-state index contributed by atoms with van der Waals surface area (Å²) in [4.78, 5) is 9.64. The van der Waals surface area contributed by atoms with Crippen LogP contribution in [0.4, 0.5) is 0 Å². The Bertz CT molecular complexity index is 3050. The molecule has 0 saturated heterocycles. The average molecular weight is 668 g/mol. The van der Waals surface area contributed by atoms with E-state index in [2.05, 4.69) is 114 Å². The number of furan rings is 1. The van der Waals surface area contributed by atoms with Crippen LogP contribution < -0.4 is 0 Å². The number of allylic oxidation sites excluding steroid dienone is 1. The van der Waals surface area contributed by atoms with Crippen molar-refractivity contribution in [1.29, 1.82) is 0 Å². The number of thiophene rings is 1. The summed E-state index contributed by atoms with van der Waals surface area (Å²) in [7, 11) is 0. The normalized spacial score (nSPS) is 12.3. The molecule has 0 atom stereocenters. The number of benzene rings is 6. The van der Waals surface area contributed by atoms with E-state index in [1.54, 1.807) is 6.08 Å². The number of halogens is 1. The Morgan fingerprint density at radius 3 is 2.33 bits per heavy atom. The first kappa shape index (κ1) is 28.3. The molecule has 4 heterocycles. The van der Waals surface area contributed by atoms with E-state index in [1.165, 1.54) is 58.0 Å². The molecule has 10 aromatic rings. The summed E-state index contributed by atoms with van der Waals surface area (Å²) in [5.74, 6) is 0.659. The van der Waals surface area contributed by atoms with Crippen molar-refractivity contribution in [3.05, 3.63) is 138 Å². The second-order valence-electron chi connectivity index (χ2n) is 12.2. The van der Waals surface area contributed by atoms with E-state index in [-0.39, 0.29) is 0 Å². The van der Waals surface area contributed by atoms with E-state index < -0.39 is 0 Å². The molecule has 0 amide bonds. The van der Waals surface area contributed by atoms with Crippen molar-refractivity contribution in [2.45, 2.75) is 6.92 Å². The van der Waals surface area contributed by atoms with Crippen LogP contribution in [-0.2, 0) is 0 Å². The zero-order valence-electron chi connectivity index (χ0n) is 26.4. The second-order valence-corrected chi connectivity index (χ2v) is 13.6. The summed E-state index contributed by atoms with van der Waals surface area (Å²) in [5, 5.41) is 10.4. The zero-order valence-corrected chi connectivity index (χ0v) is 27.9. The van der Waals surface area contributed by atoms with Gasteiger partial charge in [-0.15, -0.1) is 11.3 Å². The fraction of sp³-hybridized carbons (Fsp3) is 0.0233. The fourth-order valence-corrected chi connectivity index (χ4v) is 9.17. The van der Waals surface area contributed by atoms with Gasteiger partial charge in [-0.2, -0.15) is 0 Å². The van der Waals surface area contributed by atoms with Gasteiger partial charge in [-0.1, -0.05) is 121 Å². The minimum Gasteiger partial charge on any atom is -0.436 e. The monoisotopic (exact) mass is 667 g/mol. The van der Waals surface area contributed by atoms with Crippen molar-refractivity contribution < 1.29 is 4.42 Å². The second kappa shape index (κ2) is 10.6. The minimum absolute atomic E-state index is 0.313. The summed E-state index contributed by atoms with van der Waals surface area (Å²) >= 11 is 8.77. The molecule has 232 valence electrons. The van der Waals surface area contributed by atoms with Gasteiger partial charge in [0.05, 0.1) is 15.7 Å². The number of hydrogen-bond donors (Lipinski definition) is 0. The van der Waals surface area contributed by atoms with Crippen molar-refractivity contribution in [3.63, 3.8) is 0 Å². The zero-order chi connectivity index (χ0) is 32.8. The highest BCUT2D eigenvalue weighted by Gasteiger charge is 2.23. The lowest BCUT2D eigenvalue weighted by molar-refractivity contribution is 0.591. The van der Waals surface area contributed by atoms with E-state index in [9.17, 15) is 0 Å². The molecular formula is C43H26ClN3OS. The quantitative estimate of drug-likeness (QED) is 0.188. The molecule has 6 aromatic carbocycles. The van der Waals surface area contributed by atoms with E-state index in [4.69, 9.17) is 26.0 Å². The molecule has 0 spiro atoms. The molecule has 0 fully saturated rings. The van der Waals surface area contributed by atoms with Crippen molar-refractivity contribution in [2.75, 3.05) is 0 Å². The number of para-hydroxylation sites is 1. The lowest BCUT2D eigenvalue weighted by Crippen LogP contribution is -1.96. The van der Waals surface area contributed by atoms with Crippen LogP contribution in [0.2, 0.25) is 5.15 Å². The van der Waals surface area contributed by atoms with Crippen LogP contribution >= 0.6 is 22.9 Å². The summed E-state index contributed by atoms with van der Waals surface area (Å²) < 4.78 is 11.1. The highest BCUT2D eigenvalue weighted by molar-refractivity contribution is 7.27. The first-order valence-corrected chi connectivity index (χ1v) is 17.4. The smallest absolute Gasteiger partial charge is 0.247 e. The molecule has 0 saturated carbocycles. The molecule has 0 aliphatic carbocycles. The number of rotatable bonds is 4. The van der Waals surface area contributed by atoms with Gasteiger partial charge in [-0.25, -0.2) is 9.97 Å². The molecule has 49 heavy (non-hydrogen) atoms. The lowest BCUT2D eigenvalue weighted by Gasteiger charge is -2.12. The van der Waals surface area contributed by atoms with Gasteiger partial charge in [0, 0.05) is 43.1 Å².